The zero-order chi connectivity index (χ0) is 11.7. The maximum atomic E-state index is 5.46. The van der Waals surface area contributed by atoms with Gasteiger partial charge in [-0.1, -0.05) is 11.2 Å². The third kappa shape index (κ3) is 2.52. The van der Waals surface area contributed by atoms with Gasteiger partial charge in [-0.05, 0) is 41.7 Å². The predicted molar refractivity (Wildman–Crippen MR) is 64.9 cm³/mol. The lowest BCUT2D eigenvalue weighted by Crippen LogP contribution is -1.98. The highest BCUT2D eigenvalue weighted by Crippen LogP contribution is 2.39. The molecule has 0 aromatic carbocycles. The molecule has 0 amide bonds. The molecule has 0 aliphatic heterocycles. The monoisotopic (exact) mass is 248 g/mol. The highest BCUT2D eigenvalue weighted by atomic mass is 32.1. The quantitative estimate of drug-likeness (QED) is 0.895. The number of nitrogens with two attached hydrogens (primary N) is 1. The van der Waals surface area contributed by atoms with Crippen LogP contribution in [0.4, 0.5) is 5.13 Å². The van der Waals surface area contributed by atoms with Crippen LogP contribution < -0.4 is 10.5 Å². The lowest BCUT2D eigenvalue weighted by molar-refractivity contribution is 0.297. The first kappa shape index (κ1) is 10.5. The van der Waals surface area contributed by atoms with Crippen LogP contribution in [0.25, 0.3) is 0 Å². The number of pyridine rings is 1. The van der Waals surface area contributed by atoms with Crippen LogP contribution in [0.2, 0.25) is 0 Å². The number of nitrogen functional groups attached to an aromatic ring is 1. The fraction of sp³-hybridized carbons (Fsp3) is 0.364. The lowest BCUT2D eigenvalue weighted by Gasteiger charge is -2.02. The van der Waals surface area contributed by atoms with Crippen molar-refractivity contribution in [3.63, 3.8) is 0 Å². The third-order valence-corrected chi connectivity index (χ3v) is 3.33. The summed E-state index contributed by atoms with van der Waals surface area (Å²) in [5, 5.41) is 8.35. The highest BCUT2D eigenvalue weighted by Gasteiger charge is 2.23. The largest absolute Gasteiger partial charge is 0.462 e. The Balaban J connectivity index is 1.60. The molecule has 2 aromatic rings. The summed E-state index contributed by atoms with van der Waals surface area (Å²) in [6, 6.07) is 4.12. The van der Waals surface area contributed by atoms with Gasteiger partial charge in [-0.2, -0.15) is 0 Å². The molecule has 2 N–H and O–H groups in total. The smallest absolute Gasteiger partial charge is 0.296 e. The van der Waals surface area contributed by atoms with Gasteiger partial charge in [0, 0.05) is 6.20 Å². The molecular formula is C11H12N4OS. The van der Waals surface area contributed by atoms with Crippen molar-refractivity contribution in [2.45, 2.75) is 25.4 Å². The van der Waals surface area contributed by atoms with Gasteiger partial charge in [-0.25, -0.2) is 0 Å². The van der Waals surface area contributed by atoms with E-state index in [0.29, 0.717) is 16.9 Å². The Morgan fingerprint density at radius 1 is 1.35 bits per heavy atom. The van der Waals surface area contributed by atoms with Crippen molar-refractivity contribution in [3.05, 3.63) is 29.6 Å². The number of anilines is 1. The van der Waals surface area contributed by atoms with E-state index in [0.717, 1.165) is 11.6 Å². The van der Waals surface area contributed by atoms with Crippen molar-refractivity contribution in [1.29, 1.82) is 0 Å². The Kier molecular flexibility index (Phi) is 2.64. The average Bonchev–Trinajstić information content (AvgIpc) is 3.11. The van der Waals surface area contributed by atoms with Crippen LogP contribution in [-0.4, -0.2) is 15.2 Å². The number of rotatable bonds is 4. The number of hydrogen-bond acceptors (Lipinski definition) is 6. The van der Waals surface area contributed by atoms with E-state index in [4.69, 9.17) is 10.5 Å². The molecule has 2 aromatic heterocycles. The van der Waals surface area contributed by atoms with Gasteiger partial charge in [-0.3, -0.25) is 4.98 Å². The van der Waals surface area contributed by atoms with E-state index in [9.17, 15) is 0 Å². The highest BCUT2D eigenvalue weighted by molar-refractivity contribution is 7.16. The molecule has 0 atom stereocenters. The summed E-state index contributed by atoms with van der Waals surface area (Å²) >= 11 is 1.23. The molecule has 6 heteroatoms. The average molecular weight is 248 g/mol. The van der Waals surface area contributed by atoms with E-state index >= 15 is 0 Å². The zero-order valence-corrected chi connectivity index (χ0v) is 9.98. The Labute approximate surface area is 103 Å². The van der Waals surface area contributed by atoms with Crippen LogP contribution in [0.15, 0.2) is 18.3 Å². The van der Waals surface area contributed by atoms with Crippen LogP contribution in [0, 0.1) is 0 Å². The van der Waals surface area contributed by atoms with Gasteiger partial charge in [0.25, 0.3) is 5.19 Å². The number of nitrogens with zero attached hydrogens (tertiary/aromatic N) is 3. The first-order valence-electron chi connectivity index (χ1n) is 5.48. The van der Waals surface area contributed by atoms with Crippen molar-refractivity contribution in [3.8, 4) is 5.19 Å². The summed E-state index contributed by atoms with van der Waals surface area (Å²) in [7, 11) is 0. The molecule has 1 saturated carbocycles. The first-order chi connectivity index (χ1) is 8.31. The van der Waals surface area contributed by atoms with Gasteiger partial charge in [0.1, 0.15) is 6.61 Å². The Morgan fingerprint density at radius 2 is 2.24 bits per heavy atom. The van der Waals surface area contributed by atoms with Gasteiger partial charge in [0.15, 0.2) is 0 Å². The van der Waals surface area contributed by atoms with Gasteiger partial charge in [0.2, 0.25) is 5.13 Å². The molecule has 1 aliphatic rings. The minimum Gasteiger partial charge on any atom is -0.462 e. The molecule has 88 valence electrons. The minimum absolute atomic E-state index is 0.402. The molecule has 0 saturated heterocycles. The minimum atomic E-state index is 0.402. The van der Waals surface area contributed by atoms with E-state index in [1.54, 1.807) is 0 Å². The molecule has 0 radical (unpaired) electrons. The van der Waals surface area contributed by atoms with E-state index in [1.165, 1.54) is 29.7 Å². The fourth-order valence-electron chi connectivity index (χ4n) is 1.59. The van der Waals surface area contributed by atoms with Gasteiger partial charge in [0.05, 0.1) is 5.69 Å². The van der Waals surface area contributed by atoms with Crippen LogP contribution >= 0.6 is 11.3 Å². The molecule has 1 fully saturated rings. The lowest BCUT2D eigenvalue weighted by atomic mass is 10.2. The van der Waals surface area contributed by atoms with E-state index in [1.807, 2.05) is 12.3 Å². The first-order valence-corrected chi connectivity index (χ1v) is 6.29. The number of hydrogen-bond donors (Lipinski definition) is 1. The summed E-state index contributed by atoms with van der Waals surface area (Å²) in [4.78, 5) is 4.36. The second-order valence-electron chi connectivity index (χ2n) is 4.05. The molecular weight excluding hydrogens is 236 g/mol. The van der Waals surface area contributed by atoms with E-state index in [2.05, 4.69) is 21.2 Å². The van der Waals surface area contributed by atoms with Crippen LogP contribution in [0.5, 0.6) is 5.19 Å². The SMILES string of the molecule is Nc1nnc(OCc2ccc(C3CC3)cn2)s1. The number of aromatic nitrogens is 3. The van der Waals surface area contributed by atoms with E-state index < -0.39 is 0 Å². The Hall–Kier alpha value is -1.69. The standard InChI is InChI=1S/C11H12N4OS/c12-10-14-15-11(17-10)16-6-9-4-3-8(5-13-9)7-1-2-7/h3-5,7H,1-2,6H2,(H2,12,14). The molecule has 5 nitrogen and oxygen atoms in total. The molecule has 0 spiro atoms. The summed E-state index contributed by atoms with van der Waals surface area (Å²) in [6.45, 7) is 0.402. The predicted octanol–water partition coefficient (Wildman–Crippen LogP) is 1.97. The summed E-state index contributed by atoms with van der Waals surface area (Å²) in [6.07, 6.45) is 4.52. The normalized spacial score (nSPS) is 14.8. The Morgan fingerprint density at radius 3 is 2.82 bits per heavy atom. The zero-order valence-electron chi connectivity index (χ0n) is 9.17. The fourth-order valence-corrected chi connectivity index (χ4v) is 2.05. The molecule has 1 aliphatic carbocycles. The Bertz CT molecular complexity index is 506. The van der Waals surface area contributed by atoms with Crippen LogP contribution in [0.1, 0.15) is 30.0 Å². The third-order valence-electron chi connectivity index (χ3n) is 2.66. The second-order valence-corrected chi connectivity index (χ2v) is 5.02. The van der Waals surface area contributed by atoms with Crippen molar-refractivity contribution in [1.82, 2.24) is 15.2 Å². The summed E-state index contributed by atoms with van der Waals surface area (Å²) < 4.78 is 5.43. The van der Waals surface area contributed by atoms with E-state index in [-0.39, 0.29) is 0 Å². The molecule has 0 bridgehead atoms. The van der Waals surface area contributed by atoms with Crippen LogP contribution in [0.3, 0.4) is 0 Å². The molecule has 3 rings (SSSR count). The molecule has 17 heavy (non-hydrogen) atoms. The summed E-state index contributed by atoms with van der Waals surface area (Å²) in [5.74, 6) is 0.737. The topological polar surface area (TPSA) is 73.9 Å². The van der Waals surface area contributed by atoms with Crippen molar-refractivity contribution in [2.75, 3.05) is 5.73 Å². The number of ether oxygens (including phenoxy) is 1. The maximum Gasteiger partial charge on any atom is 0.296 e. The van der Waals surface area contributed by atoms with Crippen molar-refractivity contribution >= 4 is 16.5 Å². The molecule has 0 unspecified atom stereocenters. The van der Waals surface area contributed by atoms with Gasteiger partial charge in [-0.15, -0.1) is 5.10 Å². The molecule has 2 heterocycles. The maximum absolute atomic E-state index is 5.46. The summed E-state index contributed by atoms with van der Waals surface area (Å²) in [5.41, 5.74) is 7.68. The van der Waals surface area contributed by atoms with Crippen LogP contribution in [-0.2, 0) is 6.61 Å². The van der Waals surface area contributed by atoms with Gasteiger partial charge < -0.3 is 10.5 Å². The van der Waals surface area contributed by atoms with Crippen molar-refractivity contribution < 1.29 is 4.74 Å². The second kappa shape index (κ2) is 4.29. The van der Waals surface area contributed by atoms with Crippen molar-refractivity contribution in [2.24, 2.45) is 0 Å². The van der Waals surface area contributed by atoms with Gasteiger partial charge >= 0.3 is 0 Å².